The predicted octanol–water partition coefficient (Wildman–Crippen LogP) is 3.30. The number of rotatable bonds is 2. The molecule has 2 aromatic rings. The normalized spacial score (nSPS) is 18.0. The van der Waals surface area contributed by atoms with Gasteiger partial charge in [-0.05, 0) is 25.0 Å². The molecule has 3 rings (SSSR count). The molecular formula is C14H14ClNO. The molecule has 3 heteroatoms. The van der Waals surface area contributed by atoms with E-state index in [0.29, 0.717) is 0 Å². The molecule has 0 atom stereocenters. The van der Waals surface area contributed by atoms with Gasteiger partial charge in [-0.15, -0.1) is 0 Å². The van der Waals surface area contributed by atoms with E-state index in [-0.39, 0.29) is 12.0 Å². The monoisotopic (exact) mass is 247 g/mol. The fourth-order valence-electron chi connectivity index (χ4n) is 2.72. The minimum absolute atomic E-state index is 0.155. The summed E-state index contributed by atoms with van der Waals surface area (Å²) in [5.41, 5.74) is 1.81. The maximum absolute atomic E-state index is 9.69. The highest BCUT2D eigenvalue weighted by molar-refractivity contribution is 6.32. The third kappa shape index (κ3) is 1.55. The van der Waals surface area contributed by atoms with Gasteiger partial charge in [0.15, 0.2) is 0 Å². The third-order valence-corrected chi connectivity index (χ3v) is 4.18. The zero-order valence-electron chi connectivity index (χ0n) is 9.49. The smallest absolute Gasteiger partial charge is 0.0755 e. The molecule has 0 saturated heterocycles. The number of aromatic nitrogens is 1. The van der Waals surface area contributed by atoms with Crippen LogP contribution in [0.5, 0.6) is 0 Å². The predicted molar refractivity (Wildman–Crippen MR) is 69.4 cm³/mol. The van der Waals surface area contributed by atoms with Gasteiger partial charge in [0.1, 0.15) is 0 Å². The largest absolute Gasteiger partial charge is 0.395 e. The lowest BCUT2D eigenvalue weighted by atomic mass is 9.64. The number of fused-ring (bicyclic) bond motifs is 1. The van der Waals surface area contributed by atoms with E-state index < -0.39 is 0 Å². The number of aliphatic hydroxyl groups is 1. The van der Waals surface area contributed by atoms with Gasteiger partial charge in [0.2, 0.25) is 0 Å². The first-order valence-electron chi connectivity index (χ1n) is 5.91. The van der Waals surface area contributed by atoms with Crippen molar-refractivity contribution in [1.82, 2.24) is 4.98 Å². The van der Waals surface area contributed by atoms with E-state index in [2.05, 4.69) is 4.98 Å². The Morgan fingerprint density at radius 3 is 2.76 bits per heavy atom. The summed E-state index contributed by atoms with van der Waals surface area (Å²) < 4.78 is 0. The van der Waals surface area contributed by atoms with Gasteiger partial charge >= 0.3 is 0 Å². The summed E-state index contributed by atoms with van der Waals surface area (Å²) in [5, 5.41) is 11.5. The summed E-state index contributed by atoms with van der Waals surface area (Å²) in [4.78, 5) is 4.44. The molecular weight excluding hydrogens is 234 g/mol. The number of halogens is 1. The Bertz CT molecular complexity index is 558. The molecule has 1 saturated carbocycles. The van der Waals surface area contributed by atoms with Gasteiger partial charge in [-0.1, -0.05) is 30.2 Å². The van der Waals surface area contributed by atoms with Crippen LogP contribution in [0, 0.1) is 0 Å². The van der Waals surface area contributed by atoms with Crippen LogP contribution >= 0.6 is 11.6 Å². The molecule has 1 fully saturated rings. The summed E-state index contributed by atoms with van der Waals surface area (Å²) in [5.74, 6) is 0. The molecule has 1 heterocycles. The maximum atomic E-state index is 9.69. The first-order valence-corrected chi connectivity index (χ1v) is 6.29. The molecule has 88 valence electrons. The van der Waals surface area contributed by atoms with Crippen LogP contribution in [0.15, 0.2) is 30.5 Å². The van der Waals surface area contributed by atoms with E-state index in [4.69, 9.17) is 11.6 Å². The second-order valence-corrected chi connectivity index (χ2v) is 5.20. The van der Waals surface area contributed by atoms with Crippen molar-refractivity contribution in [2.24, 2.45) is 0 Å². The van der Waals surface area contributed by atoms with Crippen molar-refractivity contribution < 1.29 is 5.11 Å². The Morgan fingerprint density at radius 2 is 2.12 bits per heavy atom. The van der Waals surface area contributed by atoms with Gasteiger partial charge in [0.25, 0.3) is 0 Å². The zero-order chi connectivity index (χ0) is 11.9. The van der Waals surface area contributed by atoms with E-state index in [1.54, 1.807) is 6.20 Å². The number of pyridine rings is 1. The first-order chi connectivity index (χ1) is 8.27. The number of aliphatic hydroxyl groups excluding tert-OH is 1. The maximum Gasteiger partial charge on any atom is 0.0755 e. The number of hydrogen-bond acceptors (Lipinski definition) is 2. The second-order valence-electron chi connectivity index (χ2n) is 4.79. The van der Waals surface area contributed by atoms with Gasteiger partial charge in [-0.3, -0.25) is 4.98 Å². The molecule has 0 radical (unpaired) electrons. The van der Waals surface area contributed by atoms with Crippen LogP contribution < -0.4 is 0 Å². The van der Waals surface area contributed by atoms with Crippen LogP contribution in [0.1, 0.15) is 24.8 Å². The molecule has 0 unspecified atom stereocenters. The van der Waals surface area contributed by atoms with Crippen molar-refractivity contribution in [2.75, 3.05) is 6.61 Å². The quantitative estimate of drug-likeness (QED) is 0.883. The van der Waals surface area contributed by atoms with Crippen molar-refractivity contribution >= 4 is 22.5 Å². The second kappa shape index (κ2) is 3.97. The average molecular weight is 248 g/mol. The molecule has 1 N–H and O–H groups in total. The lowest BCUT2D eigenvalue weighted by molar-refractivity contribution is 0.121. The fourth-order valence-corrected chi connectivity index (χ4v) is 3.07. The molecule has 2 nitrogen and oxygen atoms in total. The van der Waals surface area contributed by atoms with Gasteiger partial charge in [0.05, 0.1) is 12.1 Å². The van der Waals surface area contributed by atoms with Gasteiger partial charge in [-0.25, -0.2) is 0 Å². The van der Waals surface area contributed by atoms with E-state index >= 15 is 0 Å². The molecule has 1 aliphatic rings. The van der Waals surface area contributed by atoms with E-state index in [9.17, 15) is 5.11 Å². The van der Waals surface area contributed by atoms with E-state index in [0.717, 1.165) is 40.8 Å². The van der Waals surface area contributed by atoms with Crippen LogP contribution in [-0.2, 0) is 5.41 Å². The molecule has 17 heavy (non-hydrogen) atoms. The van der Waals surface area contributed by atoms with Crippen molar-refractivity contribution in [3.63, 3.8) is 0 Å². The molecule has 1 aromatic carbocycles. The van der Waals surface area contributed by atoms with Crippen molar-refractivity contribution in [3.05, 3.63) is 41.0 Å². The number of nitrogens with zero attached hydrogens (tertiary/aromatic N) is 1. The lowest BCUT2D eigenvalue weighted by Gasteiger charge is -2.41. The van der Waals surface area contributed by atoms with Gasteiger partial charge in [0, 0.05) is 27.6 Å². The van der Waals surface area contributed by atoms with Crippen LogP contribution in [0.2, 0.25) is 5.02 Å². The first kappa shape index (κ1) is 11.0. The van der Waals surface area contributed by atoms with Crippen LogP contribution in [-0.4, -0.2) is 16.7 Å². The SMILES string of the molecule is OCC1(c2c(Cl)ccc3cccnc23)CCC1. The summed E-state index contributed by atoms with van der Waals surface area (Å²) in [6.07, 6.45) is 4.93. The minimum Gasteiger partial charge on any atom is -0.395 e. The van der Waals surface area contributed by atoms with E-state index in [1.807, 2.05) is 24.3 Å². The van der Waals surface area contributed by atoms with Crippen molar-refractivity contribution in [1.29, 1.82) is 0 Å². The number of hydrogen-bond donors (Lipinski definition) is 1. The summed E-state index contributed by atoms with van der Waals surface area (Å²) in [6, 6.07) is 7.85. The third-order valence-electron chi connectivity index (χ3n) is 3.87. The highest BCUT2D eigenvalue weighted by Crippen LogP contribution is 2.47. The summed E-state index contributed by atoms with van der Waals surface area (Å²) in [7, 11) is 0. The fraction of sp³-hybridized carbons (Fsp3) is 0.357. The highest BCUT2D eigenvalue weighted by atomic mass is 35.5. The Morgan fingerprint density at radius 1 is 1.29 bits per heavy atom. The average Bonchev–Trinajstić information content (AvgIpc) is 2.31. The molecule has 0 bridgehead atoms. The topological polar surface area (TPSA) is 33.1 Å². The molecule has 1 aliphatic carbocycles. The van der Waals surface area contributed by atoms with Crippen LogP contribution in [0.3, 0.4) is 0 Å². The standard InChI is InChI=1S/C14H14ClNO/c15-11-5-4-10-3-1-8-16-13(10)12(11)14(9-17)6-2-7-14/h1,3-5,8,17H,2,6-7,9H2. The Kier molecular flexibility index (Phi) is 2.57. The minimum atomic E-state index is -0.162. The van der Waals surface area contributed by atoms with Crippen LogP contribution in [0.25, 0.3) is 10.9 Å². The molecule has 0 spiro atoms. The summed E-state index contributed by atoms with van der Waals surface area (Å²) >= 11 is 6.33. The molecule has 0 amide bonds. The molecule has 1 aromatic heterocycles. The number of benzene rings is 1. The lowest BCUT2D eigenvalue weighted by Crippen LogP contribution is -2.38. The molecule has 0 aliphatic heterocycles. The van der Waals surface area contributed by atoms with Crippen molar-refractivity contribution in [3.8, 4) is 0 Å². The Labute approximate surface area is 105 Å². The van der Waals surface area contributed by atoms with Gasteiger partial charge in [-0.2, -0.15) is 0 Å². The van der Waals surface area contributed by atoms with Gasteiger partial charge < -0.3 is 5.11 Å². The summed E-state index contributed by atoms with van der Waals surface area (Å²) in [6.45, 7) is 0.155. The zero-order valence-corrected chi connectivity index (χ0v) is 10.2. The highest BCUT2D eigenvalue weighted by Gasteiger charge is 2.41. The van der Waals surface area contributed by atoms with E-state index in [1.165, 1.54) is 0 Å². The Balaban J connectivity index is 2.30. The van der Waals surface area contributed by atoms with Crippen LogP contribution in [0.4, 0.5) is 0 Å². The van der Waals surface area contributed by atoms with Crippen molar-refractivity contribution in [2.45, 2.75) is 24.7 Å². The Hall–Kier alpha value is -1.12.